The Morgan fingerprint density at radius 1 is 1.24 bits per heavy atom. The molecule has 5 nitrogen and oxygen atoms in total. The van der Waals surface area contributed by atoms with Crippen molar-refractivity contribution in [3.8, 4) is 5.75 Å². The summed E-state index contributed by atoms with van der Waals surface area (Å²) < 4.78 is 34.0. The highest BCUT2D eigenvalue weighted by atomic mass is 32.2. The van der Waals surface area contributed by atoms with Gasteiger partial charge in [0.25, 0.3) is 0 Å². The summed E-state index contributed by atoms with van der Waals surface area (Å²) in [5.41, 5.74) is 1.64. The summed E-state index contributed by atoms with van der Waals surface area (Å²) in [6.07, 6.45) is -0.189. The van der Waals surface area contributed by atoms with Crippen molar-refractivity contribution in [1.82, 2.24) is 4.72 Å². The Bertz CT molecular complexity index is 1030. The van der Waals surface area contributed by atoms with E-state index < -0.39 is 16.1 Å². The number of nitrogens with one attached hydrogen (secondary N) is 1. The average Bonchev–Trinajstić information content (AvgIpc) is 3.25. The van der Waals surface area contributed by atoms with Crippen molar-refractivity contribution >= 4 is 31.4 Å². The molecule has 25 heavy (non-hydrogen) atoms. The van der Waals surface area contributed by atoms with Crippen LogP contribution in [-0.4, -0.2) is 26.7 Å². The van der Waals surface area contributed by atoms with E-state index >= 15 is 0 Å². The van der Waals surface area contributed by atoms with Crippen molar-refractivity contribution in [1.29, 1.82) is 0 Å². The van der Waals surface area contributed by atoms with Crippen LogP contribution in [0.25, 0.3) is 10.1 Å². The predicted molar refractivity (Wildman–Crippen MR) is 97.6 cm³/mol. The lowest BCUT2D eigenvalue weighted by atomic mass is 10.1. The zero-order valence-electron chi connectivity index (χ0n) is 13.3. The smallest absolute Gasteiger partial charge is 0.240 e. The van der Waals surface area contributed by atoms with Crippen molar-refractivity contribution in [3.05, 3.63) is 59.0 Å². The molecule has 7 heteroatoms. The first-order valence-electron chi connectivity index (χ1n) is 7.94. The Morgan fingerprint density at radius 3 is 2.96 bits per heavy atom. The first-order valence-corrected chi connectivity index (χ1v) is 10.3. The number of benzene rings is 2. The van der Waals surface area contributed by atoms with E-state index in [0.29, 0.717) is 13.0 Å². The van der Waals surface area contributed by atoms with E-state index in [2.05, 4.69) is 4.72 Å². The summed E-state index contributed by atoms with van der Waals surface area (Å²) in [6, 6.07) is 12.6. The van der Waals surface area contributed by atoms with Crippen molar-refractivity contribution in [3.63, 3.8) is 0 Å². The molecule has 1 atom stereocenters. The third-order valence-corrected chi connectivity index (χ3v) is 6.71. The second-order valence-electron chi connectivity index (χ2n) is 5.92. The molecule has 130 valence electrons. The summed E-state index contributed by atoms with van der Waals surface area (Å²) in [4.78, 5) is 0.194. The Balaban J connectivity index is 1.52. The Morgan fingerprint density at radius 2 is 2.08 bits per heavy atom. The molecule has 1 aliphatic rings. The molecule has 2 aromatic carbocycles. The van der Waals surface area contributed by atoms with Gasteiger partial charge in [0.2, 0.25) is 10.0 Å². The van der Waals surface area contributed by atoms with E-state index in [9.17, 15) is 13.5 Å². The normalized spacial score (nSPS) is 15.1. The zero-order valence-corrected chi connectivity index (χ0v) is 14.9. The molecule has 4 rings (SSSR count). The maximum absolute atomic E-state index is 12.5. The largest absolute Gasteiger partial charge is 0.493 e. The molecule has 0 amide bonds. The maximum atomic E-state index is 12.5. The van der Waals surface area contributed by atoms with E-state index in [1.54, 1.807) is 12.1 Å². The molecule has 0 radical (unpaired) electrons. The van der Waals surface area contributed by atoms with Crippen molar-refractivity contribution in [2.45, 2.75) is 17.4 Å². The van der Waals surface area contributed by atoms with Crippen LogP contribution in [0.4, 0.5) is 0 Å². The molecular weight excluding hydrogens is 358 g/mol. The highest BCUT2D eigenvalue weighted by Gasteiger charge is 2.21. The minimum Gasteiger partial charge on any atom is -0.493 e. The number of hydrogen-bond acceptors (Lipinski definition) is 5. The van der Waals surface area contributed by atoms with Crippen molar-refractivity contribution in [2.75, 3.05) is 13.2 Å². The summed E-state index contributed by atoms with van der Waals surface area (Å²) in [5.74, 6) is 0.740. The van der Waals surface area contributed by atoms with E-state index in [0.717, 1.165) is 27.0 Å². The van der Waals surface area contributed by atoms with Gasteiger partial charge in [0, 0.05) is 23.2 Å². The lowest BCUT2D eigenvalue weighted by molar-refractivity contribution is 0.184. The van der Waals surface area contributed by atoms with Crippen LogP contribution >= 0.6 is 11.3 Å². The molecule has 0 aliphatic carbocycles. The topological polar surface area (TPSA) is 75.6 Å². The van der Waals surface area contributed by atoms with Crippen LogP contribution < -0.4 is 9.46 Å². The van der Waals surface area contributed by atoms with Gasteiger partial charge in [-0.25, -0.2) is 13.1 Å². The second-order valence-corrected chi connectivity index (χ2v) is 8.60. The summed E-state index contributed by atoms with van der Waals surface area (Å²) in [7, 11) is -3.68. The fourth-order valence-corrected chi connectivity index (χ4v) is 5.06. The monoisotopic (exact) mass is 375 g/mol. The summed E-state index contributed by atoms with van der Waals surface area (Å²) in [6.45, 7) is 0.507. The second kappa shape index (κ2) is 6.42. The van der Waals surface area contributed by atoms with Crippen LogP contribution in [0.5, 0.6) is 5.75 Å². The SMILES string of the molecule is O=S(=O)(NC[C@@H](O)c1csc2ccccc12)c1ccc2c(c1)CCO2. The molecule has 0 unspecified atom stereocenters. The molecule has 2 heterocycles. The van der Waals surface area contributed by atoms with Gasteiger partial charge in [0.05, 0.1) is 17.6 Å². The Labute approximate surface area is 149 Å². The first kappa shape index (κ1) is 16.5. The molecule has 0 bridgehead atoms. The summed E-state index contributed by atoms with van der Waals surface area (Å²) >= 11 is 1.53. The molecule has 0 saturated heterocycles. The molecule has 2 N–H and O–H groups in total. The van der Waals surface area contributed by atoms with Gasteiger partial charge < -0.3 is 9.84 Å². The number of thiophene rings is 1. The minimum absolute atomic E-state index is 0.0728. The minimum atomic E-state index is -3.68. The van der Waals surface area contributed by atoms with Gasteiger partial charge in [0.15, 0.2) is 0 Å². The van der Waals surface area contributed by atoms with E-state index in [4.69, 9.17) is 4.74 Å². The van der Waals surface area contributed by atoms with E-state index in [1.807, 2.05) is 29.6 Å². The molecule has 1 aliphatic heterocycles. The number of aliphatic hydroxyl groups excluding tert-OH is 1. The fourth-order valence-electron chi connectivity index (χ4n) is 2.97. The van der Waals surface area contributed by atoms with Gasteiger partial charge >= 0.3 is 0 Å². The van der Waals surface area contributed by atoms with Gasteiger partial charge in [0.1, 0.15) is 5.75 Å². The maximum Gasteiger partial charge on any atom is 0.240 e. The number of aliphatic hydroxyl groups is 1. The van der Waals surface area contributed by atoms with Crippen molar-refractivity contribution < 1.29 is 18.3 Å². The number of fused-ring (bicyclic) bond motifs is 2. The van der Waals surface area contributed by atoms with Crippen molar-refractivity contribution in [2.24, 2.45) is 0 Å². The average molecular weight is 375 g/mol. The van der Waals surface area contributed by atoms with E-state index in [-0.39, 0.29) is 11.4 Å². The summed E-state index contributed by atoms with van der Waals surface area (Å²) in [5, 5.41) is 13.3. The predicted octanol–water partition coefficient (Wildman–Crippen LogP) is 2.85. The van der Waals surface area contributed by atoms with Crippen LogP contribution in [0.1, 0.15) is 17.2 Å². The van der Waals surface area contributed by atoms with Crippen LogP contribution in [0.3, 0.4) is 0 Å². The third kappa shape index (κ3) is 3.16. The standard InChI is InChI=1S/C18H17NO4S2/c20-16(15-11-24-18-4-2-1-3-14(15)18)10-19-25(21,22)13-5-6-17-12(9-13)7-8-23-17/h1-6,9,11,16,19-20H,7-8,10H2/t16-/m1/s1. The van der Waals surface area contributed by atoms with Gasteiger partial charge in [-0.15, -0.1) is 11.3 Å². The fraction of sp³-hybridized carbons (Fsp3) is 0.222. The zero-order chi connectivity index (χ0) is 17.4. The molecule has 0 saturated carbocycles. The molecular formula is C18H17NO4S2. The number of hydrogen-bond donors (Lipinski definition) is 2. The number of rotatable bonds is 5. The highest BCUT2D eigenvalue weighted by Crippen LogP contribution is 2.30. The van der Waals surface area contributed by atoms with Crippen LogP contribution in [0.2, 0.25) is 0 Å². The Hall–Kier alpha value is -1.93. The lowest BCUT2D eigenvalue weighted by Crippen LogP contribution is -2.28. The first-order chi connectivity index (χ1) is 12.0. The molecule has 0 fully saturated rings. The van der Waals surface area contributed by atoms with Gasteiger partial charge in [-0.3, -0.25) is 0 Å². The lowest BCUT2D eigenvalue weighted by Gasteiger charge is -2.12. The molecule has 1 aromatic heterocycles. The third-order valence-electron chi connectivity index (χ3n) is 4.31. The van der Waals surface area contributed by atoms with Gasteiger partial charge in [-0.1, -0.05) is 18.2 Å². The molecule has 3 aromatic rings. The Kier molecular flexibility index (Phi) is 4.24. The van der Waals surface area contributed by atoms with Crippen LogP contribution in [-0.2, 0) is 16.4 Å². The quantitative estimate of drug-likeness (QED) is 0.719. The van der Waals surface area contributed by atoms with Crippen LogP contribution in [0.15, 0.2) is 52.7 Å². The van der Waals surface area contributed by atoms with Gasteiger partial charge in [-0.2, -0.15) is 0 Å². The van der Waals surface area contributed by atoms with E-state index in [1.165, 1.54) is 17.4 Å². The molecule has 0 spiro atoms. The van der Waals surface area contributed by atoms with Gasteiger partial charge in [-0.05, 0) is 40.6 Å². The number of ether oxygens (including phenoxy) is 1. The highest BCUT2D eigenvalue weighted by molar-refractivity contribution is 7.89. The van der Waals surface area contributed by atoms with Crippen LogP contribution in [0, 0.1) is 0 Å². The number of sulfonamides is 1.